The molecule has 2 N–H and O–H groups in total. The van der Waals surface area contributed by atoms with Gasteiger partial charge in [0.25, 0.3) is 5.91 Å². The number of fused-ring (bicyclic) bond motifs is 9. The second kappa shape index (κ2) is 11.0. The zero-order chi connectivity index (χ0) is 31.0. The first-order valence-electron chi connectivity index (χ1n) is 14.9. The van der Waals surface area contributed by atoms with Gasteiger partial charge in [-0.1, -0.05) is 63.2 Å². The highest BCUT2D eigenvalue weighted by Gasteiger charge is 2.69. The molecule has 2 bridgehead atoms. The van der Waals surface area contributed by atoms with Gasteiger partial charge in [0.1, 0.15) is 5.75 Å². The minimum atomic E-state index is -0.404. The molecule has 3 aromatic carbocycles. The molecule has 2 aliphatic carbocycles. The van der Waals surface area contributed by atoms with Crippen molar-refractivity contribution in [3.8, 4) is 5.75 Å². The molecule has 4 unspecified atom stereocenters. The summed E-state index contributed by atoms with van der Waals surface area (Å²) in [4.78, 5) is 58.7. The molecule has 7 atom stereocenters. The summed E-state index contributed by atoms with van der Waals surface area (Å²) in [6, 6.07) is 22.5. The number of nitrogens with zero attached hydrogens (tertiary/aromatic N) is 1. The SMILES string of the molecule is Cc1ccc(N2C(=O)C3C(C2=O)[C@@H]2C[C@H]3C3Sc4[nH]c(=O)sc4[C@H](c4cc(Br)ccc4OCC(=O)Nc4ccccc4)C32)cc1. The standard InChI is InChI=1S/C34H28BrN3O5S2/c1-16-7-10-19(11-8-16)38-32(40)27-21-14-22(28(27)33(38)41)29-26(21)25(30-31(44-29)37-34(42)45-30)20-13-17(35)9-12-23(20)43-15-24(39)36-18-5-3-2-4-6-18/h2-13,21-22,25-29H,14-15H2,1H3,(H,36,39)(H,37,42)/t21-,22-,25-,26?,27?,28?,29?/m1/s1. The number of nitrogens with one attached hydrogen (secondary N) is 2. The van der Waals surface area contributed by atoms with E-state index in [-0.39, 0.29) is 64.0 Å². The van der Waals surface area contributed by atoms with Crippen LogP contribution in [0.1, 0.15) is 28.3 Å². The summed E-state index contributed by atoms with van der Waals surface area (Å²) in [5.41, 5.74) is 3.23. The van der Waals surface area contributed by atoms with Gasteiger partial charge in [0, 0.05) is 31.8 Å². The number of para-hydroxylation sites is 1. The lowest BCUT2D eigenvalue weighted by Gasteiger charge is -2.43. The average molecular weight is 703 g/mol. The molecule has 228 valence electrons. The summed E-state index contributed by atoms with van der Waals surface area (Å²) < 4.78 is 7.03. The van der Waals surface area contributed by atoms with Crippen LogP contribution in [-0.4, -0.2) is 34.6 Å². The first-order valence-corrected chi connectivity index (χ1v) is 17.4. The fraction of sp³-hybridized carbons (Fsp3) is 0.294. The van der Waals surface area contributed by atoms with E-state index in [0.717, 1.165) is 31.9 Å². The van der Waals surface area contributed by atoms with Gasteiger partial charge in [-0.25, -0.2) is 0 Å². The molecule has 2 aliphatic heterocycles. The van der Waals surface area contributed by atoms with Crippen molar-refractivity contribution in [1.29, 1.82) is 0 Å². The number of thiazole rings is 1. The Labute approximate surface area is 275 Å². The van der Waals surface area contributed by atoms with Crippen LogP contribution in [0, 0.1) is 36.5 Å². The number of halogens is 1. The van der Waals surface area contributed by atoms with Crippen LogP contribution in [0.3, 0.4) is 0 Å². The molecule has 2 saturated carbocycles. The molecule has 1 aromatic heterocycles. The number of aromatic nitrogens is 1. The lowest BCUT2D eigenvalue weighted by Crippen LogP contribution is -2.42. The summed E-state index contributed by atoms with van der Waals surface area (Å²) in [5, 5.41) is 3.72. The van der Waals surface area contributed by atoms with Crippen molar-refractivity contribution in [2.24, 2.45) is 29.6 Å². The molecule has 8 rings (SSSR count). The van der Waals surface area contributed by atoms with Crippen LogP contribution in [0.25, 0.3) is 0 Å². The summed E-state index contributed by atoms with van der Waals surface area (Å²) in [6.45, 7) is 1.79. The van der Waals surface area contributed by atoms with E-state index < -0.39 is 5.92 Å². The Balaban J connectivity index is 1.15. The number of hydrogen-bond acceptors (Lipinski definition) is 7. The van der Waals surface area contributed by atoms with Gasteiger partial charge in [-0.2, -0.15) is 0 Å². The van der Waals surface area contributed by atoms with Gasteiger partial charge in [0.2, 0.25) is 11.8 Å². The van der Waals surface area contributed by atoms with E-state index in [0.29, 0.717) is 17.1 Å². The van der Waals surface area contributed by atoms with Gasteiger partial charge in [0.15, 0.2) is 6.61 Å². The Morgan fingerprint density at radius 2 is 1.73 bits per heavy atom. The van der Waals surface area contributed by atoms with Gasteiger partial charge in [-0.3, -0.25) is 24.1 Å². The molecule has 4 aliphatic rings. The fourth-order valence-corrected chi connectivity index (χ4v) is 11.3. The summed E-state index contributed by atoms with van der Waals surface area (Å²) in [6.07, 6.45) is 0.788. The Morgan fingerprint density at radius 1 is 1.00 bits per heavy atom. The van der Waals surface area contributed by atoms with E-state index in [1.165, 1.54) is 16.2 Å². The van der Waals surface area contributed by atoms with Crippen molar-refractivity contribution >= 4 is 68.1 Å². The lowest BCUT2D eigenvalue weighted by molar-refractivity contribution is -0.123. The number of ether oxygens (including phenoxy) is 1. The number of benzene rings is 3. The highest BCUT2D eigenvalue weighted by molar-refractivity contribution is 9.10. The molecule has 4 aromatic rings. The smallest absolute Gasteiger partial charge is 0.305 e. The molecule has 11 heteroatoms. The van der Waals surface area contributed by atoms with Crippen LogP contribution in [0.5, 0.6) is 5.75 Å². The van der Waals surface area contributed by atoms with Crippen LogP contribution in [-0.2, 0) is 14.4 Å². The molecule has 45 heavy (non-hydrogen) atoms. The third kappa shape index (κ3) is 4.70. The second-order valence-corrected chi connectivity index (χ2v) is 15.3. The van der Waals surface area contributed by atoms with Crippen molar-refractivity contribution in [3.05, 3.63) is 103 Å². The Hall–Kier alpha value is -3.67. The van der Waals surface area contributed by atoms with Crippen molar-refractivity contribution < 1.29 is 19.1 Å². The maximum Gasteiger partial charge on any atom is 0.305 e. The minimum Gasteiger partial charge on any atom is -0.483 e. The van der Waals surface area contributed by atoms with Gasteiger partial charge in [0.05, 0.1) is 22.5 Å². The highest BCUT2D eigenvalue weighted by atomic mass is 79.9. The first kappa shape index (κ1) is 28.8. The van der Waals surface area contributed by atoms with E-state index >= 15 is 0 Å². The number of aryl methyl sites for hydroxylation is 1. The molecular weight excluding hydrogens is 674 g/mol. The molecule has 8 nitrogen and oxygen atoms in total. The van der Waals surface area contributed by atoms with Gasteiger partial charge in [-0.05, 0) is 73.6 Å². The maximum absolute atomic E-state index is 14.1. The number of rotatable bonds is 6. The van der Waals surface area contributed by atoms with E-state index in [4.69, 9.17) is 4.74 Å². The maximum atomic E-state index is 14.1. The average Bonchev–Trinajstić information content (AvgIpc) is 3.76. The van der Waals surface area contributed by atoms with E-state index in [1.807, 2.05) is 79.7 Å². The van der Waals surface area contributed by atoms with Gasteiger partial charge < -0.3 is 15.0 Å². The number of amides is 3. The third-order valence-electron chi connectivity index (χ3n) is 9.74. The van der Waals surface area contributed by atoms with Crippen molar-refractivity contribution in [3.63, 3.8) is 0 Å². The third-order valence-corrected chi connectivity index (χ3v) is 12.8. The molecule has 0 spiro atoms. The Kier molecular flexibility index (Phi) is 7.03. The van der Waals surface area contributed by atoms with Crippen LogP contribution in [0.15, 0.2) is 87.1 Å². The normalized spacial score (nSPS) is 27.7. The summed E-state index contributed by atoms with van der Waals surface area (Å²) >= 11 is 6.47. The molecule has 3 fully saturated rings. The lowest BCUT2D eigenvalue weighted by atomic mass is 9.68. The fourth-order valence-electron chi connectivity index (χ4n) is 8.07. The summed E-state index contributed by atoms with van der Waals surface area (Å²) in [5.74, 6) is -1.01. The van der Waals surface area contributed by atoms with E-state index in [2.05, 4.69) is 26.2 Å². The van der Waals surface area contributed by atoms with Crippen LogP contribution >= 0.6 is 39.0 Å². The number of hydrogen-bond donors (Lipinski definition) is 2. The number of thioether (sulfide) groups is 1. The van der Waals surface area contributed by atoms with Crippen LogP contribution < -0.4 is 19.8 Å². The van der Waals surface area contributed by atoms with Crippen LogP contribution in [0.2, 0.25) is 0 Å². The predicted molar refractivity (Wildman–Crippen MR) is 177 cm³/mol. The second-order valence-electron chi connectivity index (χ2n) is 12.2. The zero-order valence-electron chi connectivity index (χ0n) is 24.1. The Morgan fingerprint density at radius 3 is 2.49 bits per heavy atom. The monoisotopic (exact) mass is 701 g/mol. The van der Waals surface area contributed by atoms with Gasteiger partial charge >= 0.3 is 4.87 Å². The topological polar surface area (TPSA) is 109 Å². The molecule has 3 heterocycles. The first-order chi connectivity index (χ1) is 21.8. The number of imide groups is 1. The number of carbonyl (C=O) groups is 3. The number of anilines is 2. The minimum absolute atomic E-state index is 0.00436. The van der Waals surface area contributed by atoms with E-state index in [9.17, 15) is 19.2 Å². The number of carbonyl (C=O) groups excluding carboxylic acids is 3. The van der Waals surface area contributed by atoms with Crippen molar-refractivity contribution in [2.45, 2.75) is 29.5 Å². The molecular formula is C34H28BrN3O5S2. The van der Waals surface area contributed by atoms with E-state index in [1.54, 1.807) is 11.8 Å². The summed E-state index contributed by atoms with van der Waals surface area (Å²) in [7, 11) is 0. The predicted octanol–water partition coefficient (Wildman–Crippen LogP) is 6.20. The Bertz CT molecular complexity index is 1910. The molecule has 0 radical (unpaired) electrons. The molecule has 3 amide bonds. The zero-order valence-corrected chi connectivity index (χ0v) is 27.3. The number of H-pyrrole nitrogens is 1. The number of aromatic amines is 1. The van der Waals surface area contributed by atoms with Crippen molar-refractivity contribution in [1.82, 2.24) is 4.98 Å². The van der Waals surface area contributed by atoms with Crippen molar-refractivity contribution in [2.75, 3.05) is 16.8 Å². The highest BCUT2D eigenvalue weighted by Crippen LogP contribution is 2.69. The quantitative estimate of drug-likeness (QED) is 0.232. The molecule has 1 saturated heterocycles. The van der Waals surface area contributed by atoms with Gasteiger partial charge in [-0.15, -0.1) is 11.8 Å². The van der Waals surface area contributed by atoms with Crippen LogP contribution in [0.4, 0.5) is 11.4 Å². The largest absolute Gasteiger partial charge is 0.483 e.